The first-order valence-electron chi connectivity index (χ1n) is 6.59. The van der Waals surface area contributed by atoms with Gasteiger partial charge in [0.05, 0.1) is 4.47 Å². The van der Waals surface area contributed by atoms with Gasteiger partial charge in [0, 0.05) is 11.7 Å². The van der Waals surface area contributed by atoms with Crippen LogP contribution in [-0.2, 0) is 0 Å². The summed E-state index contributed by atoms with van der Waals surface area (Å²) in [5.74, 6) is -0.284. The third kappa shape index (κ3) is 4.14. The van der Waals surface area contributed by atoms with Crippen LogP contribution in [0.25, 0.3) is 0 Å². The Bertz CT molecular complexity index is 473. The molecule has 1 aromatic rings. The smallest absolute Gasteiger partial charge is 0.171 e. The van der Waals surface area contributed by atoms with Crippen LogP contribution in [0.3, 0.4) is 0 Å². The number of hydrogen-bond donors (Lipinski definition) is 2. The van der Waals surface area contributed by atoms with Crippen LogP contribution >= 0.6 is 28.1 Å². The van der Waals surface area contributed by atoms with E-state index in [1.165, 1.54) is 25.3 Å². The first-order valence-corrected chi connectivity index (χ1v) is 7.79. The van der Waals surface area contributed by atoms with Gasteiger partial charge in [0.15, 0.2) is 5.11 Å². The average Bonchev–Trinajstić information content (AvgIpc) is 2.37. The van der Waals surface area contributed by atoms with Gasteiger partial charge < -0.3 is 10.6 Å². The van der Waals surface area contributed by atoms with Crippen LogP contribution in [-0.4, -0.2) is 11.2 Å². The van der Waals surface area contributed by atoms with Crippen LogP contribution in [0.2, 0.25) is 0 Å². The second-order valence-electron chi connectivity index (χ2n) is 5.01. The molecule has 1 aromatic carbocycles. The van der Waals surface area contributed by atoms with Crippen molar-refractivity contribution >= 4 is 38.9 Å². The Kier molecular flexibility index (Phi) is 5.16. The second kappa shape index (κ2) is 6.66. The van der Waals surface area contributed by atoms with E-state index in [9.17, 15) is 4.39 Å². The average molecular weight is 345 g/mol. The van der Waals surface area contributed by atoms with Gasteiger partial charge in [-0.25, -0.2) is 4.39 Å². The van der Waals surface area contributed by atoms with Crippen molar-refractivity contribution in [1.82, 2.24) is 5.32 Å². The van der Waals surface area contributed by atoms with Crippen LogP contribution in [0.4, 0.5) is 10.1 Å². The van der Waals surface area contributed by atoms with Gasteiger partial charge in [-0.2, -0.15) is 0 Å². The molecular weight excluding hydrogens is 327 g/mol. The molecule has 5 heteroatoms. The predicted octanol–water partition coefficient (Wildman–Crippen LogP) is 4.52. The van der Waals surface area contributed by atoms with Gasteiger partial charge in [-0.1, -0.05) is 19.3 Å². The van der Waals surface area contributed by atoms with E-state index in [-0.39, 0.29) is 5.82 Å². The molecule has 0 aromatic heterocycles. The molecule has 2 rings (SSSR count). The summed E-state index contributed by atoms with van der Waals surface area (Å²) in [7, 11) is 0. The molecule has 0 atom stereocenters. The lowest BCUT2D eigenvalue weighted by Gasteiger charge is -2.24. The Hall–Kier alpha value is -0.680. The molecule has 0 aliphatic heterocycles. The van der Waals surface area contributed by atoms with E-state index < -0.39 is 0 Å². The van der Waals surface area contributed by atoms with Crippen molar-refractivity contribution in [1.29, 1.82) is 0 Å². The Labute approximate surface area is 127 Å². The van der Waals surface area contributed by atoms with Crippen LogP contribution in [0.5, 0.6) is 0 Å². The molecule has 2 nitrogen and oxygen atoms in total. The maximum atomic E-state index is 13.5. The largest absolute Gasteiger partial charge is 0.360 e. The standard InChI is InChI=1S/C14H18BrFN2S/c1-9-7-11(15)12(16)8-13(9)18-14(19)17-10-5-3-2-4-6-10/h7-8,10H,2-6H2,1H3,(H2,17,18,19). The summed E-state index contributed by atoms with van der Waals surface area (Å²) in [5.41, 5.74) is 1.68. The number of halogens is 2. The summed E-state index contributed by atoms with van der Waals surface area (Å²) in [5, 5.41) is 6.98. The van der Waals surface area contributed by atoms with Crippen molar-refractivity contribution in [3.8, 4) is 0 Å². The normalized spacial score (nSPS) is 16.2. The van der Waals surface area contributed by atoms with Crippen LogP contribution in [0.1, 0.15) is 37.7 Å². The van der Waals surface area contributed by atoms with Crippen molar-refractivity contribution in [3.05, 3.63) is 28.0 Å². The maximum Gasteiger partial charge on any atom is 0.171 e. The molecule has 0 bridgehead atoms. The summed E-state index contributed by atoms with van der Waals surface area (Å²) in [6.07, 6.45) is 6.15. The van der Waals surface area contributed by atoms with Crippen molar-refractivity contribution in [3.63, 3.8) is 0 Å². The van der Waals surface area contributed by atoms with Crippen molar-refractivity contribution < 1.29 is 4.39 Å². The highest BCUT2D eigenvalue weighted by molar-refractivity contribution is 9.10. The van der Waals surface area contributed by atoms with E-state index in [2.05, 4.69) is 26.6 Å². The topological polar surface area (TPSA) is 24.1 Å². The van der Waals surface area contributed by atoms with Gasteiger partial charge in [0.25, 0.3) is 0 Å². The lowest BCUT2D eigenvalue weighted by molar-refractivity contribution is 0.415. The van der Waals surface area contributed by atoms with Gasteiger partial charge in [-0.05, 0) is 65.6 Å². The molecule has 0 heterocycles. The van der Waals surface area contributed by atoms with Crippen molar-refractivity contribution in [2.75, 3.05) is 5.32 Å². The Balaban J connectivity index is 1.96. The van der Waals surface area contributed by atoms with Gasteiger partial charge >= 0.3 is 0 Å². The molecule has 19 heavy (non-hydrogen) atoms. The van der Waals surface area contributed by atoms with E-state index in [1.54, 1.807) is 6.07 Å². The molecule has 0 spiro atoms. The molecule has 1 aliphatic carbocycles. The zero-order valence-electron chi connectivity index (χ0n) is 10.9. The van der Waals surface area contributed by atoms with Gasteiger partial charge in [0.2, 0.25) is 0 Å². The number of thiocarbonyl (C=S) groups is 1. The van der Waals surface area contributed by atoms with Gasteiger partial charge in [-0.15, -0.1) is 0 Å². The predicted molar refractivity (Wildman–Crippen MR) is 85.1 cm³/mol. The molecule has 1 saturated carbocycles. The number of rotatable bonds is 2. The minimum atomic E-state index is -0.284. The molecule has 1 fully saturated rings. The lowest BCUT2D eigenvalue weighted by atomic mass is 9.96. The fourth-order valence-electron chi connectivity index (χ4n) is 2.37. The van der Waals surface area contributed by atoms with E-state index >= 15 is 0 Å². The summed E-state index contributed by atoms with van der Waals surface area (Å²) in [6, 6.07) is 3.67. The minimum Gasteiger partial charge on any atom is -0.360 e. The van der Waals surface area contributed by atoms with E-state index in [4.69, 9.17) is 12.2 Å². The van der Waals surface area contributed by atoms with Crippen molar-refractivity contribution in [2.24, 2.45) is 0 Å². The molecule has 0 saturated heterocycles. The number of benzene rings is 1. The SMILES string of the molecule is Cc1cc(Br)c(F)cc1NC(=S)NC1CCCCC1. The fourth-order valence-corrected chi connectivity index (χ4v) is 3.11. The van der Waals surface area contributed by atoms with E-state index in [0.29, 0.717) is 21.3 Å². The highest BCUT2D eigenvalue weighted by Gasteiger charge is 2.14. The highest BCUT2D eigenvalue weighted by Crippen LogP contribution is 2.24. The molecule has 2 N–H and O–H groups in total. The first kappa shape index (κ1) is 14.7. The first-order chi connectivity index (χ1) is 9.06. The zero-order valence-corrected chi connectivity index (χ0v) is 13.3. The van der Waals surface area contributed by atoms with Crippen LogP contribution in [0.15, 0.2) is 16.6 Å². The van der Waals surface area contributed by atoms with Gasteiger partial charge in [0.1, 0.15) is 5.82 Å². The Morgan fingerprint density at radius 2 is 2.00 bits per heavy atom. The highest BCUT2D eigenvalue weighted by atomic mass is 79.9. The fraction of sp³-hybridized carbons (Fsp3) is 0.500. The lowest BCUT2D eigenvalue weighted by Crippen LogP contribution is -2.38. The molecule has 1 aliphatic rings. The molecule has 0 unspecified atom stereocenters. The molecular formula is C14H18BrFN2S. The summed E-state index contributed by atoms with van der Waals surface area (Å²) < 4.78 is 14.0. The third-order valence-corrected chi connectivity index (χ3v) is 4.28. The third-order valence-electron chi connectivity index (χ3n) is 3.46. The minimum absolute atomic E-state index is 0.284. The zero-order chi connectivity index (χ0) is 13.8. The quantitative estimate of drug-likeness (QED) is 0.771. The number of anilines is 1. The number of nitrogens with one attached hydrogen (secondary N) is 2. The number of hydrogen-bond acceptors (Lipinski definition) is 1. The Morgan fingerprint density at radius 3 is 2.68 bits per heavy atom. The summed E-state index contributed by atoms with van der Waals surface area (Å²) >= 11 is 8.47. The summed E-state index contributed by atoms with van der Waals surface area (Å²) in [4.78, 5) is 0. The number of aryl methyl sites for hydroxylation is 1. The molecule has 104 valence electrons. The van der Waals surface area contributed by atoms with Crippen LogP contribution < -0.4 is 10.6 Å². The Morgan fingerprint density at radius 1 is 1.32 bits per heavy atom. The van der Waals surface area contributed by atoms with E-state index in [1.807, 2.05) is 6.92 Å². The van der Waals surface area contributed by atoms with Crippen molar-refractivity contribution in [2.45, 2.75) is 45.1 Å². The van der Waals surface area contributed by atoms with E-state index in [0.717, 1.165) is 18.4 Å². The molecule has 0 amide bonds. The monoisotopic (exact) mass is 344 g/mol. The van der Waals surface area contributed by atoms with Gasteiger partial charge in [-0.3, -0.25) is 0 Å². The second-order valence-corrected chi connectivity index (χ2v) is 6.28. The maximum absolute atomic E-state index is 13.5. The summed E-state index contributed by atoms with van der Waals surface area (Å²) in [6.45, 7) is 1.93. The van der Waals surface area contributed by atoms with Crippen LogP contribution in [0, 0.1) is 12.7 Å². The molecule has 0 radical (unpaired) electrons.